The number of esters is 1. The zero-order valence-corrected chi connectivity index (χ0v) is 11.3. The molecule has 0 aliphatic heterocycles. The molecule has 0 atom stereocenters. The summed E-state index contributed by atoms with van der Waals surface area (Å²) in [7, 11) is 1.49. The number of aromatic nitrogens is 1. The summed E-state index contributed by atoms with van der Waals surface area (Å²) >= 11 is 3.26. The maximum atomic E-state index is 11.8. The molecule has 1 rings (SSSR count). The fraction of sp³-hybridized carbons (Fsp3) is 0.455. The lowest BCUT2D eigenvalue weighted by atomic mass is 10.2. The van der Waals surface area contributed by atoms with Crippen molar-refractivity contribution in [2.45, 2.75) is 26.4 Å². The van der Waals surface area contributed by atoms with Crippen LogP contribution in [-0.2, 0) is 4.74 Å². The highest BCUT2D eigenvalue weighted by molar-refractivity contribution is 9.10. The molecule has 5 heteroatoms. The van der Waals surface area contributed by atoms with Gasteiger partial charge in [0.25, 0.3) is 0 Å². The third-order valence-electron chi connectivity index (χ3n) is 1.68. The summed E-state index contributed by atoms with van der Waals surface area (Å²) in [4.78, 5) is 15.7. The maximum Gasteiger partial charge on any atom is 0.344 e. The molecule has 16 heavy (non-hydrogen) atoms. The van der Waals surface area contributed by atoms with Crippen LogP contribution in [0, 0.1) is 0 Å². The molecule has 4 nitrogen and oxygen atoms in total. The average Bonchev–Trinajstić information content (AvgIpc) is 2.14. The number of rotatable bonds is 2. The Kier molecular flexibility index (Phi) is 3.91. The molecule has 0 saturated heterocycles. The highest BCUT2D eigenvalue weighted by Gasteiger charge is 2.22. The van der Waals surface area contributed by atoms with Gasteiger partial charge in [-0.3, -0.25) is 4.98 Å². The van der Waals surface area contributed by atoms with Crippen molar-refractivity contribution in [2.24, 2.45) is 0 Å². The van der Waals surface area contributed by atoms with Crippen LogP contribution in [-0.4, -0.2) is 23.7 Å². The van der Waals surface area contributed by atoms with Crippen molar-refractivity contribution in [3.63, 3.8) is 0 Å². The van der Waals surface area contributed by atoms with Crippen LogP contribution in [0.1, 0.15) is 31.1 Å². The Morgan fingerprint density at radius 2 is 2.00 bits per heavy atom. The molecule has 0 spiro atoms. The van der Waals surface area contributed by atoms with Gasteiger partial charge in [-0.2, -0.15) is 0 Å². The Morgan fingerprint density at radius 3 is 2.50 bits per heavy atom. The summed E-state index contributed by atoms with van der Waals surface area (Å²) in [5.41, 5.74) is -0.225. The van der Waals surface area contributed by atoms with Gasteiger partial charge < -0.3 is 9.47 Å². The molecule has 0 fully saturated rings. The molecule has 0 aliphatic carbocycles. The van der Waals surface area contributed by atoms with Crippen molar-refractivity contribution >= 4 is 21.9 Å². The number of halogens is 1. The quantitative estimate of drug-likeness (QED) is 0.785. The second kappa shape index (κ2) is 4.82. The van der Waals surface area contributed by atoms with Crippen LogP contribution in [0.25, 0.3) is 0 Å². The minimum absolute atomic E-state index is 0.312. The van der Waals surface area contributed by atoms with Gasteiger partial charge in [-0.25, -0.2) is 4.79 Å². The number of methoxy groups -OCH3 is 1. The third-order valence-corrected chi connectivity index (χ3v) is 2.24. The van der Waals surface area contributed by atoms with Gasteiger partial charge in [-0.15, -0.1) is 0 Å². The van der Waals surface area contributed by atoms with Gasteiger partial charge >= 0.3 is 5.97 Å². The zero-order chi connectivity index (χ0) is 12.3. The Bertz CT molecular complexity index is 399. The normalized spacial score (nSPS) is 11.1. The number of pyridine rings is 1. The topological polar surface area (TPSA) is 48.4 Å². The van der Waals surface area contributed by atoms with E-state index in [0.717, 1.165) is 0 Å². The lowest BCUT2D eigenvalue weighted by Crippen LogP contribution is -2.24. The lowest BCUT2D eigenvalue weighted by molar-refractivity contribution is 0.00659. The van der Waals surface area contributed by atoms with E-state index in [1.807, 2.05) is 20.8 Å². The molecule has 88 valence electrons. The van der Waals surface area contributed by atoms with Crippen molar-refractivity contribution in [2.75, 3.05) is 7.11 Å². The van der Waals surface area contributed by atoms with Crippen molar-refractivity contribution in [3.05, 3.63) is 22.4 Å². The fourth-order valence-corrected chi connectivity index (χ4v) is 1.60. The molecule has 0 aliphatic rings. The molecule has 1 aromatic rings. The van der Waals surface area contributed by atoms with Gasteiger partial charge in [0.05, 0.1) is 11.6 Å². The molecule has 0 aromatic carbocycles. The molecule has 1 aromatic heterocycles. The van der Waals surface area contributed by atoms with E-state index in [4.69, 9.17) is 9.47 Å². The summed E-state index contributed by atoms with van der Waals surface area (Å²) in [6.45, 7) is 5.42. The summed E-state index contributed by atoms with van der Waals surface area (Å²) in [6, 6.07) is 0. The molecular formula is C11H14BrNO3. The van der Waals surface area contributed by atoms with E-state index in [0.29, 0.717) is 15.8 Å². The van der Waals surface area contributed by atoms with E-state index in [1.165, 1.54) is 13.3 Å². The van der Waals surface area contributed by atoms with Gasteiger partial charge in [-0.1, -0.05) is 0 Å². The monoisotopic (exact) mass is 287 g/mol. The van der Waals surface area contributed by atoms with Crippen LogP contribution >= 0.6 is 15.9 Å². The first-order valence-electron chi connectivity index (χ1n) is 4.76. The Labute approximate surface area is 103 Å². The summed E-state index contributed by atoms with van der Waals surface area (Å²) in [5.74, 6) is -0.0117. The number of carbonyl (C=O) groups is 1. The highest BCUT2D eigenvalue weighted by Crippen LogP contribution is 2.28. The first-order valence-corrected chi connectivity index (χ1v) is 5.55. The maximum absolute atomic E-state index is 11.8. The first kappa shape index (κ1) is 13.0. The van der Waals surface area contributed by atoms with Crippen LogP contribution in [0.2, 0.25) is 0 Å². The van der Waals surface area contributed by atoms with E-state index in [1.54, 1.807) is 6.20 Å². The molecule has 0 unspecified atom stereocenters. The number of hydrogen-bond acceptors (Lipinski definition) is 4. The van der Waals surface area contributed by atoms with E-state index in [2.05, 4.69) is 20.9 Å². The van der Waals surface area contributed by atoms with Gasteiger partial charge in [-0.05, 0) is 36.7 Å². The number of carbonyl (C=O) groups excluding carboxylic acids is 1. The Hall–Kier alpha value is -1.10. The summed E-state index contributed by atoms with van der Waals surface area (Å²) < 4.78 is 11.0. The van der Waals surface area contributed by atoms with Crippen molar-refractivity contribution < 1.29 is 14.3 Å². The van der Waals surface area contributed by atoms with Crippen molar-refractivity contribution in [3.8, 4) is 5.75 Å². The summed E-state index contributed by atoms with van der Waals surface area (Å²) in [6.07, 6.45) is 2.99. The smallest absolute Gasteiger partial charge is 0.344 e. The standard InChI is InChI=1S/C11H14BrNO3/c1-11(2,3)16-10(14)7-5-13-6-8(12)9(7)15-4/h5-6H,1-4H3. The summed E-state index contributed by atoms with van der Waals surface area (Å²) in [5, 5.41) is 0. The van der Waals surface area contributed by atoms with Gasteiger partial charge in [0.15, 0.2) is 5.75 Å². The number of hydrogen-bond donors (Lipinski definition) is 0. The van der Waals surface area contributed by atoms with Crippen LogP contribution in [0.5, 0.6) is 5.75 Å². The van der Waals surface area contributed by atoms with Crippen LogP contribution in [0.4, 0.5) is 0 Å². The molecular weight excluding hydrogens is 274 g/mol. The molecule has 1 heterocycles. The van der Waals surface area contributed by atoms with E-state index < -0.39 is 11.6 Å². The SMILES string of the molecule is COc1c(Br)cncc1C(=O)OC(C)(C)C. The molecule has 0 bridgehead atoms. The van der Waals surface area contributed by atoms with E-state index >= 15 is 0 Å². The van der Waals surface area contributed by atoms with Crippen LogP contribution < -0.4 is 4.74 Å². The number of ether oxygens (including phenoxy) is 2. The molecule has 0 radical (unpaired) electrons. The number of nitrogens with zero attached hydrogens (tertiary/aromatic N) is 1. The van der Waals surface area contributed by atoms with Crippen LogP contribution in [0.15, 0.2) is 16.9 Å². The van der Waals surface area contributed by atoms with Gasteiger partial charge in [0, 0.05) is 12.4 Å². The predicted molar refractivity (Wildman–Crippen MR) is 63.7 cm³/mol. The van der Waals surface area contributed by atoms with Crippen molar-refractivity contribution in [1.29, 1.82) is 0 Å². The molecule has 0 saturated carbocycles. The van der Waals surface area contributed by atoms with Crippen molar-refractivity contribution in [1.82, 2.24) is 4.98 Å². The van der Waals surface area contributed by atoms with E-state index in [9.17, 15) is 4.79 Å². The van der Waals surface area contributed by atoms with E-state index in [-0.39, 0.29) is 0 Å². The Balaban J connectivity index is 3.04. The lowest BCUT2D eigenvalue weighted by Gasteiger charge is -2.20. The minimum Gasteiger partial charge on any atom is -0.495 e. The first-order chi connectivity index (χ1) is 7.35. The zero-order valence-electron chi connectivity index (χ0n) is 9.70. The fourth-order valence-electron chi connectivity index (χ4n) is 1.11. The minimum atomic E-state index is -0.537. The largest absolute Gasteiger partial charge is 0.495 e. The van der Waals surface area contributed by atoms with Crippen LogP contribution in [0.3, 0.4) is 0 Å². The third kappa shape index (κ3) is 3.20. The van der Waals surface area contributed by atoms with Gasteiger partial charge in [0.1, 0.15) is 11.2 Å². The second-order valence-corrected chi connectivity index (χ2v) is 5.06. The predicted octanol–water partition coefficient (Wildman–Crippen LogP) is 2.81. The second-order valence-electron chi connectivity index (χ2n) is 4.20. The highest BCUT2D eigenvalue weighted by atomic mass is 79.9. The van der Waals surface area contributed by atoms with Gasteiger partial charge in [0.2, 0.25) is 0 Å². The molecule has 0 N–H and O–H groups in total. The Morgan fingerprint density at radius 1 is 1.38 bits per heavy atom. The molecule has 0 amide bonds. The average molecular weight is 288 g/mol.